The van der Waals surface area contributed by atoms with Crippen LogP contribution in [0.5, 0.6) is 0 Å². The van der Waals surface area contributed by atoms with Crippen LogP contribution >= 0.6 is 0 Å². The first kappa shape index (κ1) is 10.8. The van der Waals surface area contributed by atoms with Crippen molar-refractivity contribution in [1.29, 1.82) is 0 Å². The van der Waals surface area contributed by atoms with Gasteiger partial charge in [-0.25, -0.2) is 0 Å². The Morgan fingerprint density at radius 1 is 0.938 bits per heavy atom. The number of carbonyl (C=O) groups is 1. The molecule has 4 atom stereocenters. The molecule has 0 aromatic carbocycles. The summed E-state index contributed by atoms with van der Waals surface area (Å²) in [4.78, 5) is 12.2. The maximum atomic E-state index is 12.2. The minimum atomic E-state index is 0.343. The zero-order chi connectivity index (χ0) is 11.0. The van der Waals surface area contributed by atoms with E-state index >= 15 is 0 Å². The van der Waals surface area contributed by atoms with E-state index in [-0.39, 0.29) is 0 Å². The lowest BCUT2D eigenvalue weighted by atomic mass is 9.74. The normalized spacial score (nSPS) is 44.4. The fourth-order valence-electron chi connectivity index (χ4n) is 3.73. The van der Waals surface area contributed by atoms with Crippen molar-refractivity contribution in [2.75, 3.05) is 0 Å². The van der Waals surface area contributed by atoms with E-state index in [0.717, 1.165) is 25.7 Å². The smallest absolute Gasteiger partial charge is 0.136 e. The third kappa shape index (κ3) is 2.04. The fourth-order valence-corrected chi connectivity index (χ4v) is 3.73. The molecule has 16 heavy (non-hydrogen) atoms. The second-order valence-electron chi connectivity index (χ2n) is 5.76. The van der Waals surface area contributed by atoms with E-state index in [1.807, 2.05) is 0 Å². The molecule has 1 heterocycles. The van der Waals surface area contributed by atoms with Gasteiger partial charge in [0.25, 0.3) is 0 Å². The van der Waals surface area contributed by atoms with Gasteiger partial charge in [0.05, 0.1) is 12.2 Å². The van der Waals surface area contributed by atoms with Crippen LogP contribution in [-0.4, -0.2) is 18.0 Å². The summed E-state index contributed by atoms with van der Waals surface area (Å²) in [6, 6.07) is 0. The van der Waals surface area contributed by atoms with E-state index in [4.69, 9.17) is 4.74 Å². The van der Waals surface area contributed by atoms with Crippen LogP contribution in [0.15, 0.2) is 0 Å². The third-order valence-corrected chi connectivity index (χ3v) is 4.69. The van der Waals surface area contributed by atoms with Gasteiger partial charge in [-0.15, -0.1) is 0 Å². The molecule has 90 valence electrons. The minimum absolute atomic E-state index is 0.343. The molecule has 2 saturated carbocycles. The first-order chi connectivity index (χ1) is 7.86. The molecule has 0 bridgehead atoms. The van der Waals surface area contributed by atoms with Gasteiger partial charge in [0, 0.05) is 12.3 Å². The number of Topliss-reactive ketones (excluding diaryl/α,β-unsaturated/α-hetero) is 1. The minimum Gasteiger partial charge on any atom is -0.369 e. The highest BCUT2D eigenvalue weighted by Gasteiger charge is 2.49. The monoisotopic (exact) mass is 222 g/mol. The number of rotatable bonds is 0. The van der Waals surface area contributed by atoms with Gasteiger partial charge in [-0.2, -0.15) is 0 Å². The van der Waals surface area contributed by atoms with E-state index in [9.17, 15) is 4.79 Å². The van der Waals surface area contributed by atoms with Crippen LogP contribution in [-0.2, 0) is 9.53 Å². The molecule has 3 aliphatic rings. The van der Waals surface area contributed by atoms with Crippen LogP contribution in [0.3, 0.4) is 0 Å². The lowest BCUT2D eigenvalue weighted by Crippen LogP contribution is -2.31. The van der Waals surface area contributed by atoms with Gasteiger partial charge in [-0.3, -0.25) is 4.79 Å². The summed E-state index contributed by atoms with van der Waals surface area (Å²) in [6.45, 7) is 0. The predicted octanol–water partition coefficient (Wildman–Crippen LogP) is 3.09. The summed E-state index contributed by atoms with van der Waals surface area (Å²) in [5.74, 6) is 1.45. The van der Waals surface area contributed by atoms with E-state index in [1.54, 1.807) is 0 Å². The molecule has 2 aliphatic carbocycles. The standard InChI is InChI=1S/C14H22O2/c15-12-8-5-9-13-14(16-13)11-7-4-2-1-3-6-10(11)12/h10-11,13-14H,1-9H2. The number of hydrogen-bond acceptors (Lipinski definition) is 2. The molecule has 4 unspecified atom stereocenters. The Kier molecular flexibility index (Phi) is 3.01. The lowest BCUT2D eigenvalue weighted by Gasteiger charge is -2.28. The van der Waals surface area contributed by atoms with Crippen molar-refractivity contribution in [3.63, 3.8) is 0 Å². The molecular formula is C14H22O2. The maximum Gasteiger partial charge on any atom is 0.136 e. The van der Waals surface area contributed by atoms with Gasteiger partial charge >= 0.3 is 0 Å². The van der Waals surface area contributed by atoms with Gasteiger partial charge in [-0.05, 0) is 31.6 Å². The fraction of sp³-hybridized carbons (Fsp3) is 0.929. The zero-order valence-corrected chi connectivity index (χ0v) is 9.99. The molecule has 1 aliphatic heterocycles. The van der Waals surface area contributed by atoms with Crippen molar-refractivity contribution < 1.29 is 9.53 Å². The molecular weight excluding hydrogens is 200 g/mol. The molecule has 0 radical (unpaired) electrons. The van der Waals surface area contributed by atoms with Crippen molar-refractivity contribution in [3.8, 4) is 0 Å². The third-order valence-electron chi connectivity index (χ3n) is 4.69. The SMILES string of the molecule is O=C1CCCC2OC2C2CCCCCCC12. The van der Waals surface area contributed by atoms with E-state index in [0.29, 0.717) is 29.8 Å². The van der Waals surface area contributed by atoms with Gasteiger partial charge < -0.3 is 4.74 Å². The molecule has 2 nitrogen and oxygen atoms in total. The highest BCUT2D eigenvalue weighted by atomic mass is 16.6. The quantitative estimate of drug-likeness (QED) is 0.589. The van der Waals surface area contributed by atoms with E-state index < -0.39 is 0 Å². The van der Waals surface area contributed by atoms with Crippen LogP contribution in [0.2, 0.25) is 0 Å². The Hall–Kier alpha value is -0.370. The Labute approximate surface area is 97.7 Å². The second kappa shape index (κ2) is 4.48. The van der Waals surface area contributed by atoms with Crippen molar-refractivity contribution in [1.82, 2.24) is 0 Å². The largest absolute Gasteiger partial charge is 0.369 e. The zero-order valence-electron chi connectivity index (χ0n) is 9.99. The van der Waals surface area contributed by atoms with E-state index in [1.165, 1.54) is 32.1 Å². The summed E-state index contributed by atoms with van der Waals surface area (Å²) in [5.41, 5.74) is 0. The number of carbonyl (C=O) groups excluding carboxylic acids is 1. The molecule has 1 saturated heterocycles. The Bertz CT molecular complexity index is 274. The van der Waals surface area contributed by atoms with E-state index in [2.05, 4.69) is 0 Å². The van der Waals surface area contributed by atoms with Gasteiger partial charge in [0.15, 0.2) is 0 Å². The topological polar surface area (TPSA) is 29.6 Å². The molecule has 3 fully saturated rings. The first-order valence-electron chi connectivity index (χ1n) is 7.04. The molecule has 0 aromatic rings. The summed E-state index contributed by atoms with van der Waals surface area (Å²) < 4.78 is 5.80. The molecule has 0 spiro atoms. The van der Waals surface area contributed by atoms with Crippen molar-refractivity contribution in [2.45, 2.75) is 70.0 Å². The summed E-state index contributed by atoms with van der Waals surface area (Å²) in [5, 5.41) is 0. The Balaban J connectivity index is 1.76. The number of fused-ring (bicyclic) bond motifs is 3. The molecule has 0 N–H and O–H groups in total. The molecule has 0 aromatic heterocycles. The Morgan fingerprint density at radius 2 is 1.75 bits per heavy atom. The average molecular weight is 222 g/mol. The average Bonchev–Trinajstić information content (AvgIpc) is 2.95. The highest BCUT2D eigenvalue weighted by molar-refractivity contribution is 5.81. The highest BCUT2D eigenvalue weighted by Crippen LogP contribution is 2.44. The van der Waals surface area contributed by atoms with Gasteiger partial charge in [0.2, 0.25) is 0 Å². The van der Waals surface area contributed by atoms with Crippen LogP contribution in [0.4, 0.5) is 0 Å². The molecule has 3 rings (SSSR count). The van der Waals surface area contributed by atoms with Crippen LogP contribution < -0.4 is 0 Å². The van der Waals surface area contributed by atoms with Crippen LogP contribution in [0.25, 0.3) is 0 Å². The molecule has 2 heteroatoms. The number of ketones is 1. The van der Waals surface area contributed by atoms with Crippen molar-refractivity contribution in [2.24, 2.45) is 11.8 Å². The van der Waals surface area contributed by atoms with Crippen LogP contribution in [0.1, 0.15) is 57.8 Å². The predicted molar refractivity (Wildman–Crippen MR) is 62.2 cm³/mol. The lowest BCUT2D eigenvalue weighted by molar-refractivity contribution is -0.125. The number of hydrogen-bond donors (Lipinski definition) is 0. The Morgan fingerprint density at radius 3 is 2.62 bits per heavy atom. The van der Waals surface area contributed by atoms with Gasteiger partial charge in [-0.1, -0.05) is 25.7 Å². The summed E-state index contributed by atoms with van der Waals surface area (Å²) in [6.07, 6.45) is 11.6. The van der Waals surface area contributed by atoms with Crippen molar-refractivity contribution in [3.05, 3.63) is 0 Å². The summed E-state index contributed by atoms with van der Waals surface area (Å²) >= 11 is 0. The van der Waals surface area contributed by atoms with Crippen molar-refractivity contribution >= 4 is 5.78 Å². The number of ether oxygens (including phenoxy) is 1. The maximum absolute atomic E-state index is 12.2. The number of epoxide rings is 1. The van der Waals surface area contributed by atoms with Gasteiger partial charge in [0.1, 0.15) is 5.78 Å². The first-order valence-corrected chi connectivity index (χ1v) is 7.04. The van der Waals surface area contributed by atoms with Crippen LogP contribution in [0, 0.1) is 11.8 Å². The summed E-state index contributed by atoms with van der Waals surface area (Å²) in [7, 11) is 0. The second-order valence-corrected chi connectivity index (χ2v) is 5.76. The molecule has 0 amide bonds.